The number of benzene rings is 2. The molecule has 0 bridgehead atoms. The van der Waals surface area contributed by atoms with Crippen LogP contribution < -0.4 is 15.4 Å². The number of aryl methyl sites for hydroxylation is 1. The van der Waals surface area contributed by atoms with E-state index in [-0.39, 0.29) is 5.91 Å². The van der Waals surface area contributed by atoms with Crippen LogP contribution in [-0.2, 0) is 6.42 Å². The summed E-state index contributed by atoms with van der Waals surface area (Å²) in [6.07, 6.45) is 2.51. The summed E-state index contributed by atoms with van der Waals surface area (Å²) in [6, 6.07) is 19.0. The van der Waals surface area contributed by atoms with E-state index in [9.17, 15) is 4.79 Å². The summed E-state index contributed by atoms with van der Waals surface area (Å²) in [5, 5.41) is 6.16. The first-order valence-corrected chi connectivity index (χ1v) is 9.04. The first-order chi connectivity index (χ1) is 13.2. The van der Waals surface area contributed by atoms with Gasteiger partial charge in [-0.15, -0.1) is 0 Å². The molecule has 0 unspecified atom stereocenters. The summed E-state index contributed by atoms with van der Waals surface area (Å²) in [5.74, 6) is 1.28. The highest BCUT2D eigenvalue weighted by molar-refractivity contribution is 6.04. The van der Waals surface area contributed by atoms with Gasteiger partial charge in [0.05, 0.1) is 12.2 Å². The van der Waals surface area contributed by atoms with Gasteiger partial charge in [-0.25, -0.2) is 4.98 Å². The molecule has 0 radical (unpaired) electrons. The molecule has 0 saturated carbocycles. The van der Waals surface area contributed by atoms with Crippen molar-refractivity contribution < 1.29 is 9.53 Å². The first kappa shape index (κ1) is 18.5. The molecule has 5 heteroatoms. The monoisotopic (exact) mass is 361 g/mol. The number of amides is 1. The third kappa shape index (κ3) is 4.85. The van der Waals surface area contributed by atoms with Crippen molar-refractivity contribution >= 4 is 23.1 Å². The molecule has 27 heavy (non-hydrogen) atoms. The zero-order valence-electron chi connectivity index (χ0n) is 15.5. The van der Waals surface area contributed by atoms with Crippen LogP contribution in [0.5, 0.6) is 5.75 Å². The van der Waals surface area contributed by atoms with Gasteiger partial charge in [-0.05, 0) is 61.4 Å². The van der Waals surface area contributed by atoms with E-state index in [4.69, 9.17) is 4.74 Å². The Morgan fingerprint density at radius 3 is 2.44 bits per heavy atom. The topological polar surface area (TPSA) is 63.2 Å². The van der Waals surface area contributed by atoms with Gasteiger partial charge in [-0.3, -0.25) is 4.79 Å². The minimum atomic E-state index is -0.202. The number of rotatable bonds is 7. The number of nitrogens with zero attached hydrogens (tertiary/aromatic N) is 1. The number of pyridine rings is 1. The quantitative estimate of drug-likeness (QED) is 0.619. The van der Waals surface area contributed by atoms with Gasteiger partial charge in [-0.1, -0.05) is 25.1 Å². The number of para-hydroxylation sites is 1. The molecule has 1 aromatic heterocycles. The third-order valence-corrected chi connectivity index (χ3v) is 4.11. The highest BCUT2D eigenvalue weighted by atomic mass is 16.5. The molecule has 138 valence electrons. The maximum atomic E-state index is 12.4. The Morgan fingerprint density at radius 2 is 1.78 bits per heavy atom. The standard InChI is InChI=1S/C22H23N3O2/c1-3-16-7-5-6-8-20(16)25-21-14-9-17(15-23-21)22(26)24-18-10-12-19(13-11-18)27-4-2/h5-15H,3-4H2,1-2H3,(H,23,25)(H,24,26). The number of hydrogen-bond donors (Lipinski definition) is 2. The maximum absolute atomic E-state index is 12.4. The second kappa shape index (κ2) is 8.85. The van der Waals surface area contributed by atoms with E-state index in [2.05, 4.69) is 28.6 Å². The molecule has 0 fully saturated rings. The van der Waals surface area contributed by atoms with E-state index < -0.39 is 0 Å². The lowest BCUT2D eigenvalue weighted by Gasteiger charge is -2.11. The zero-order valence-corrected chi connectivity index (χ0v) is 15.5. The van der Waals surface area contributed by atoms with Crippen molar-refractivity contribution in [2.75, 3.05) is 17.2 Å². The molecule has 0 aliphatic heterocycles. The van der Waals surface area contributed by atoms with E-state index in [1.54, 1.807) is 18.3 Å². The number of ether oxygens (including phenoxy) is 1. The van der Waals surface area contributed by atoms with Gasteiger partial charge in [0.2, 0.25) is 0 Å². The van der Waals surface area contributed by atoms with Crippen LogP contribution in [-0.4, -0.2) is 17.5 Å². The molecule has 3 rings (SSSR count). The lowest BCUT2D eigenvalue weighted by atomic mass is 10.1. The fourth-order valence-corrected chi connectivity index (χ4v) is 2.70. The van der Waals surface area contributed by atoms with Crippen LogP contribution in [0.1, 0.15) is 29.8 Å². The maximum Gasteiger partial charge on any atom is 0.257 e. The van der Waals surface area contributed by atoms with Crippen molar-refractivity contribution in [3.8, 4) is 5.75 Å². The summed E-state index contributed by atoms with van der Waals surface area (Å²) in [7, 11) is 0. The Morgan fingerprint density at radius 1 is 1.00 bits per heavy atom. The Balaban J connectivity index is 1.65. The van der Waals surface area contributed by atoms with Crippen molar-refractivity contribution in [2.24, 2.45) is 0 Å². The van der Waals surface area contributed by atoms with E-state index in [1.807, 2.05) is 49.4 Å². The molecule has 1 heterocycles. The molecule has 0 aliphatic rings. The largest absolute Gasteiger partial charge is 0.494 e. The molecule has 2 N–H and O–H groups in total. The van der Waals surface area contributed by atoms with Gasteiger partial charge in [0.1, 0.15) is 11.6 Å². The van der Waals surface area contributed by atoms with Crippen LogP contribution in [0.3, 0.4) is 0 Å². The van der Waals surface area contributed by atoms with Gasteiger partial charge >= 0.3 is 0 Å². The smallest absolute Gasteiger partial charge is 0.257 e. The Kier molecular flexibility index (Phi) is 6.05. The summed E-state index contributed by atoms with van der Waals surface area (Å²) >= 11 is 0. The average molecular weight is 361 g/mol. The average Bonchev–Trinajstić information content (AvgIpc) is 2.70. The molecular weight excluding hydrogens is 338 g/mol. The molecule has 0 spiro atoms. The van der Waals surface area contributed by atoms with Gasteiger partial charge < -0.3 is 15.4 Å². The van der Waals surface area contributed by atoms with Crippen LogP contribution in [0.25, 0.3) is 0 Å². The lowest BCUT2D eigenvalue weighted by Crippen LogP contribution is -2.12. The van der Waals surface area contributed by atoms with Crippen LogP contribution in [0.2, 0.25) is 0 Å². The minimum Gasteiger partial charge on any atom is -0.494 e. The number of carbonyl (C=O) groups is 1. The highest BCUT2D eigenvalue weighted by Gasteiger charge is 2.08. The molecular formula is C22H23N3O2. The van der Waals surface area contributed by atoms with Gasteiger partial charge in [0.25, 0.3) is 5.91 Å². The SMILES string of the molecule is CCOc1ccc(NC(=O)c2ccc(Nc3ccccc3CC)nc2)cc1. The van der Waals surface area contributed by atoms with Crippen LogP contribution in [0.4, 0.5) is 17.2 Å². The summed E-state index contributed by atoms with van der Waals surface area (Å²) in [5.41, 5.74) is 3.46. The van der Waals surface area contributed by atoms with E-state index >= 15 is 0 Å². The van der Waals surface area contributed by atoms with Crippen molar-refractivity contribution in [3.63, 3.8) is 0 Å². The number of aromatic nitrogens is 1. The van der Waals surface area contributed by atoms with E-state index in [0.717, 1.165) is 17.9 Å². The van der Waals surface area contributed by atoms with Gasteiger partial charge in [0, 0.05) is 17.6 Å². The second-order valence-electron chi connectivity index (χ2n) is 5.98. The number of nitrogens with one attached hydrogen (secondary N) is 2. The molecule has 0 saturated heterocycles. The fraction of sp³-hybridized carbons (Fsp3) is 0.182. The van der Waals surface area contributed by atoms with Crippen molar-refractivity contribution in [1.29, 1.82) is 0 Å². The normalized spacial score (nSPS) is 10.3. The molecule has 0 aliphatic carbocycles. The van der Waals surface area contributed by atoms with Crippen molar-refractivity contribution in [1.82, 2.24) is 4.98 Å². The summed E-state index contributed by atoms with van der Waals surface area (Å²) in [6.45, 7) is 4.66. The summed E-state index contributed by atoms with van der Waals surface area (Å²) < 4.78 is 5.40. The molecule has 1 amide bonds. The highest BCUT2D eigenvalue weighted by Crippen LogP contribution is 2.20. The van der Waals surface area contributed by atoms with Crippen LogP contribution in [0, 0.1) is 0 Å². The number of anilines is 3. The van der Waals surface area contributed by atoms with Crippen LogP contribution in [0.15, 0.2) is 66.9 Å². The zero-order chi connectivity index (χ0) is 19.1. The van der Waals surface area contributed by atoms with Crippen molar-refractivity contribution in [2.45, 2.75) is 20.3 Å². The molecule has 0 atom stereocenters. The Labute approximate surface area is 159 Å². The van der Waals surface area contributed by atoms with E-state index in [1.165, 1.54) is 5.56 Å². The minimum absolute atomic E-state index is 0.202. The fourth-order valence-electron chi connectivity index (χ4n) is 2.70. The second-order valence-corrected chi connectivity index (χ2v) is 5.98. The van der Waals surface area contributed by atoms with Gasteiger partial charge in [-0.2, -0.15) is 0 Å². The predicted molar refractivity (Wildman–Crippen MR) is 109 cm³/mol. The van der Waals surface area contributed by atoms with E-state index in [0.29, 0.717) is 23.7 Å². The number of carbonyl (C=O) groups excluding carboxylic acids is 1. The third-order valence-electron chi connectivity index (χ3n) is 4.11. The predicted octanol–water partition coefficient (Wildman–Crippen LogP) is 5.04. The molecule has 5 nitrogen and oxygen atoms in total. The first-order valence-electron chi connectivity index (χ1n) is 9.04. The van der Waals surface area contributed by atoms with Crippen LogP contribution >= 0.6 is 0 Å². The van der Waals surface area contributed by atoms with Gasteiger partial charge in [0.15, 0.2) is 0 Å². The van der Waals surface area contributed by atoms with Crippen molar-refractivity contribution in [3.05, 3.63) is 78.0 Å². The Bertz CT molecular complexity index is 890. The number of hydrogen-bond acceptors (Lipinski definition) is 4. The molecule has 3 aromatic rings. The lowest BCUT2D eigenvalue weighted by molar-refractivity contribution is 0.102. The Hall–Kier alpha value is -3.34. The summed E-state index contributed by atoms with van der Waals surface area (Å²) in [4.78, 5) is 16.8. The molecule has 2 aromatic carbocycles.